The number of nitrogens with one attached hydrogen (secondary N) is 1. The van der Waals surface area contributed by atoms with Crippen molar-refractivity contribution in [2.75, 3.05) is 18.5 Å². The molecule has 1 N–H and O–H groups in total. The fourth-order valence-corrected chi connectivity index (χ4v) is 2.03. The van der Waals surface area contributed by atoms with Gasteiger partial charge < -0.3 is 10.1 Å². The van der Waals surface area contributed by atoms with Crippen LogP contribution < -0.4 is 5.32 Å². The Bertz CT molecular complexity index is 480. The molecule has 0 aromatic heterocycles. The summed E-state index contributed by atoms with van der Waals surface area (Å²) in [7, 11) is 0. The lowest BCUT2D eigenvalue weighted by Gasteiger charge is -2.25. The van der Waals surface area contributed by atoms with E-state index in [0.717, 1.165) is 6.07 Å². The minimum atomic E-state index is -0.530. The van der Waals surface area contributed by atoms with E-state index in [1.807, 2.05) is 20.8 Å². The molecular weight excluding hydrogens is 366 g/mol. The Kier molecular flexibility index (Phi) is 5.48. The highest BCUT2D eigenvalue weighted by atomic mass is 127. The Labute approximate surface area is 124 Å². The topological polar surface area (TPSA) is 64.4 Å². The summed E-state index contributed by atoms with van der Waals surface area (Å²) in [6, 6.07) is 2.35. The zero-order valence-electron chi connectivity index (χ0n) is 11.0. The molecule has 0 aliphatic rings. The minimum Gasteiger partial charge on any atom is -0.377 e. The lowest BCUT2D eigenvalue weighted by Crippen LogP contribution is -2.33. The van der Waals surface area contributed by atoms with Gasteiger partial charge in [0, 0.05) is 25.3 Å². The molecule has 0 unspecified atom stereocenters. The fraction of sp³-hybridized carbons (Fsp3) is 0.500. The smallest absolute Gasteiger partial charge is 0.293 e. The number of hydrogen-bond donors (Lipinski definition) is 1. The van der Waals surface area contributed by atoms with Gasteiger partial charge in [-0.1, -0.05) is 0 Å². The number of halogens is 2. The predicted molar refractivity (Wildman–Crippen MR) is 80.0 cm³/mol. The SMILES string of the molecule is CCOC(C)(C)CNc1cc(F)c(I)cc1[N+](=O)[O-]. The summed E-state index contributed by atoms with van der Waals surface area (Å²) >= 11 is 1.73. The predicted octanol–water partition coefficient (Wildman–Crippen LogP) is 3.57. The second-order valence-corrected chi connectivity index (χ2v) is 5.75. The van der Waals surface area contributed by atoms with Crippen LogP contribution in [0.1, 0.15) is 20.8 Å². The van der Waals surface area contributed by atoms with Crippen LogP contribution in [0.3, 0.4) is 0 Å². The number of anilines is 1. The number of nitro groups is 1. The number of rotatable bonds is 6. The third-order valence-electron chi connectivity index (χ3n) is 2.47. The number of ether oxygens (including phenoxy) is 1. The summed E-state index contributed by atoms with van der Waals surface area (Å²) < 4.78 is 19.2. The quantitative estimate of drug-likeness (QED) is 0.464. The Balaban J connectivity index is 2.94. The van der Waals surface area contributed by atoms with E-state index in [2.05, 4.69) is 5.32 Å². The normalized spacial score (nSPS) is 11.4. The number of hydrogen-bond acceptors (Lipinski definition) is 4. The molecule has 0 heterocycles. The van der Waals surface area contributed by atoms with Crippen LogP contribution in [0.15, 0.2) is 12.1 Å². The van der Waals surface area contributed by atoms with Crippen LogP contribution in [0.5, 0.6) is 0 Å². The average molecular weight is 382 g/mol. The van der Waals surface area contributed by atoms with Gasteiger partial charge in [-0.15, -0.1) is 0 Å². The van der Waals surface area contributed by atoms with Crippen LogP contribution in [0.25, 0.3) is 0 Å². The highest BCUT2D eigenvalue weighted by Gasteiger charge is 2.22. The number of nitrogens with zero attached hydrogens (tertiary/aromatic N) is 1. The monoisotopic (exact) mass is 382 g/mol. The van der Waals surface area contributed by atoms with Crippen molar-refractivity contribution in [2.45, 2.75) is 26.4 Å². The van der Waals surface area contributed by atoms with Crippen LogP contribution in [-0.2, 0) is 4.74 Å². The Hall–Kier alpha value is -0.960. The van der Waals surface area contributed by atoms with Gasteiger partial charge >= 0.3 is 0 Å². The number of nitro benzene ring substituents is 1. The summed E-state index contributed by atoms with van der Waals surface area (Å²) in [6.45, 7) is 6.48. The maximum absolute atomic E-state index is 13.5. The zero-order chi connectivity index (χ0) is 14.6. The van der Waals surface area contributed by atoms with Crippen LogP contribution in [0.4, 0.5) is 15.8 Å². The van der Waals surface area contributed by atoms with Gasteiger partial charge in [0.15, 0.2) is 0 Å². The molecule has 1 rings (SSSR count). The first-order valence-electron chi connectivity index (χ1n) is 5.78. The van der Waals surface area contributed by atoms with Gasteiger partial charge in [0.1, 0.15) is 11.5 Å². The fourth-order valence-electron chi connectivity index (χ4n) is 1.58. The first kappa shape index (κ1) is 16.1. The second-order valence-electron chi connectivity index (χ2n) is 4.59. The van der Waals surface area contributed by atoms with E-state index in [-0.39, 0.29) is 14.9 Å². The van der Waals surface area contributed by atoms with Crippen LogP contribution in [0, 0.1) is 19.5 Å². The third-order valence-corrected chi connectivity index (χ3v) is 3.30. The summed E-state index contributed by atoms with van der Waals surface area (Å²) in [4.78, 5) is 10.4. The zero-order valence-corrected chi connectivity index (χ0v) is 13.2. The summed E-state index contributed by atoms with van der Waals surface area (Å²) in [6.07, 6.45) is 0. The van der Waals surface area contributed by atoms with E-state index >= 15 is 0 Å². The maximum atomic E-state index is 13.5. The van der Waals surface area contributed by atoms with Crippen LogP contribution in [-0.4, -0.2) is 23.7 Å². The molecule has 1 aromatic rings. The lowest BCUT2D eigenvalue weighted by atomic mass is 10.1. The van der Waals surface area contributed by atoms with Crippen molar-refractivity contribution >= 4 is 34.0 Å². The molecule has 0 saturated carbocycles. The molecule has 0 bridgehead atoms. The van der Waals surface area contributed by atoms with Crippen molar-refractivity contribution in [3.8, 4) is 0 Å². The maximum Gasteiger partial charge on any atom is 0.293 e. The molecule has 0 aliphatic carbocycles. The molecule has 0 aliphatic heterocycles. The van der Waals surface area contributed by atoms with Gasteiger partial charge in [0.2, 0.25) is 0 Å². The van der Waals surface area contributed by atoms with E-state index in [0.29, 0.717) is 13.2 Å². The molecule has 19 heavy (non-hydrogen) atoms. The van der Waals surface area contributed by atoms with Gasteiger partial charge in [-0.25, -0.2) is 4.39 Å². The Morgan fingerprint density at radius 3 is 2.68 bits per heavy atom. The molecule has 0 atom stereocenters. The number of benzene rings is 1. The summed E-state index contributed by atoms with van der Waals surface area (Å²) in [5, 5.41) is 13.8. The van der Waals surface area contributed by atoms with Crippen molar-refractivity contribution in [1.82, 2.24) is 0 Å². The van der Waals surface area contributed by atoms with Crippen molar-refractivity contribution in [1.29, 1.82) is 0 Å². The van der Waals surface area contributed by atoms with Gasteiger partial charge in [-0.3, -0.25) is 10.1 Å². The highest BCUT2D eigenvalue weighted by Crippen LogP contribution is 2.29. The van der Waals surface area contributed by atoms with E-state index in [1.165, 1.54) is 6.07 Å². The molecule has 0 radical (unpaired) electrons. The van der Waals surface area contributed by atoms with Gasteiger partial charge in [0.05, 0.1) is 14.1 Å². The van der Waals surface area contributed by atoms with E-state index in [1.54, 1.807) is 22.6 Å². The lowest BCUT2D eigenvalue weighted by molar-refractivity contribution is -0.384. The molecule has 106 valence electrons. The van der Waals surface area contributed by atoms with Crippen molar-refractivity contribution in [3.63, 3.8) is 0 Å². The third kappa shape index (κ3) is 4.57. The first-order chi connectivity index (χ1) is 8.76. The average Bonchev–Trinajstić information content (AvgIpc) is 2.30. The largest absolute Gasteiger partial charge is 0.377 e. The van der Waals surface area contributed by atoms with Crippen LogP contribution in [0.2, 0.25) is 0 Å². The molecule has 0 saturated heterocycles. The molecule has 1 aromatic carbocycles. The second kappa shape index (κ2) is 6.47. The van der Waals surface area contributed by atoms with Crippen molar-refractivity contribution in [3.05, 3.63) is 31.6 Å². The molecular formula is C12H16FIN2O3. The molecule has 7 heteroatoms. The first-order valence-corrected chi connectivity index (χ1v) is 6.86. The Morgan fingerprint density at radius 2 is 2.16 bits per heavy atom. The minimum absolute atomic E-state index is 0.141. The molecule has 5 nitrogen and oxygen atoms in total. The van der Waals surface area contributed by atoms with Crippen molar-refractivity contribution < 1.29 is 14.1 Å². The van der Waals surface area contributed by atoms with Gasteiger partial charge in [-0.2, -0.15) is 0 Å². The molecule has 0 amide bonds. The molecule has 0 fully saturated rings. The van der Waals surface area contributed by atoms with Gasteiger partial charge in [0.25, 0.3) is 5.69 Å². The van der Waals surface area contributed by atoms with Crippen molar-refractivity contribution in [2.24, 2.45) is 0 Å². The molecule has 0 spiro atoms. The van der Waals surface area contributed by atoms with E-state index in [4.69, 9.17) is 4.74 Å². The summed E-state index contributed by atoms with van der Waals surface area (Å²) in [5.41, 5.74) is -0.462. The Morgan fingerprint density at radius 1 is 1.53 bits per heavy atom. The van der Waals surface area contributed by atoms with Gasteiger partial charge in [-0.05, 0) is 43.4 Å². The summed E-state index contributed by atoms with van der Waals surface area (Å²) in [5.74, 6) is -0.483. The van der Waals surface area contributed by atoms with Crippen LogP contribution >= 0.6 is 22.6 Å². The van der Waals surface area contributed by atoms with E-state index < -0.39 is 16.3 Å². The highest BCUT2D eigenvalue weighted by molar-refractivity contribution is 14.1. The van der Waals surface area contributed by atoms with E-state index in [9.17, 15) is 14.5 Å². The standard InChI is InChI=1S/C12H16FIN2O3/c1-4-19-12(2,3)7-15-10-5-8(13)9(14)6-11(10)16(17)18/h5-6,15H,4,7H2,1-3H3.